The standard InChI is InChI=1S/C36H45N15O8/c1-47-13-12-38-30(47)35(58)42-22-15-24(49(3)18-22)33(56)39-10-7-28(53)44-26-20-51(5)32(46-26)36(59)41-21-14-23(48(2)17-21)16-37-9-6-27(52)43-25-19-50(4)31(45-25)34(57)40-11-8-29(54)55/h12-15,17-20,37H,6-11,16H2,1-5H3,(H,39,56)(H,40,57)(H,41,59)(H,42,58)(H,43,52)(H,44,53)(H,54,55). The second-order valence-electron chi connectivity index (χ2n) is 13.4. The minimum Gasteiger partial charge on any atom is -0.481 e. The molecule has 0 aliphatic heterocycles. The summed E-state index contributed by atoms with van der Waals surface area (Å²) >= 11 is 0. The van der Waals surface area contributed by atoms with Crippen molar-refractivity contribution < 1.29 is 38.7 Å². The minimum atomic E-state index is -1.04. The Labute approximate surface area is 336 Å². The van der Waals surface area contributed by atoms with Crippen molar-refractivity contribution in [1.82, 2.24) is 53.7 Å². The fraction of sp³-hybridized carbons (Fsp3) is 0.333. The predicted octanol–water partition coefficient (Wildman–Crippen LogP) is 0.150. The molecule has 0 spiro atoms. The van der Waals surface area contributed by atoms with Crippen LogP contribution in [-0.2, 0) is 56.2 Å². The van der Waals surface area contributed by atoms with Gasteiger partial charge in [0.1, 0.15) is 5.69 Å². The zero-order valence-corrected chi connectivity index (χ0v) is 33.0. The molecule has 0 radical (unpaired) electrons. The summed E-state index contributed by atoms with van der Waals surface area (Å²) in [5.74, 6) is -3.18. The zero-order valence-electron chi connectivity index (χ0n) is 33.0. The molecule has 0 fully saturated rings. The van der Waals surface area contributed by atoms with Gasteiger partial charge in [-0.1, -0.05) is 0 Å². The molecule has 0 bridgehead atoms. The molecule has 0 saturated heterocycles. The third kappa shape index (κ3) is 11.5. The van der Waals surface area contributed by atoms with Gasteiger partial charge in [0.25, 0.3) is 23.6 Å². The third-order valence-electron chi connectivity index (χ3n) is 8.68. The van der Waals surface area contributed by atoms with Crippen LogP contribution in [0.5, 0.6) is 0 Å². The quantitative estimate of drug-likeness (QED) is 0.0517. The van der Waals surface area contributed by atoms with Crippen LogP contribution in [0.15, 0.2) is 49.3 Å². The smallest absolute Gasteiger partial charge is 0.305 e. The summed E-state index contributed by atoms with van der Waals surface area (Å²) < 4.78 is 7.81. The first kappa shape index (κ1) is 42.6. The highest BCUT2D eigenvalue weighted by molar-refractivity contribution is 6.04. The van der Waals surface area contributed by atoms with Gasteiger partial charge in [0.15, 0.2) is 17.5 Å². The van der Waals surface area contributed by atoms with Gasteiger partial charge in [-0.25, -0.2) is 15.0 Å². The number of imidazole rings is 3. The van der Waals surface area contributed by atoms with Gasteiger partial charge in [-0.2, -0.15) is 0 Å². The maximum atomic E-state index is 13.1. The fourth-order valence-electron chi connectivity index (χ4n) is 5.72. The molecule has 0 atom stereocenters. The van der Waals surface area contributed by atoms with Crippen molar-refractivity contribution in [3.63, 3.8) is 0 Å². The lowest BCUT2D eigenvalue weighted by Crippen LogP contribution is -2.29. The zero-order chi connectivity index (χ0) is 42.8. The minimum absolute atomic E-state index is 0.0104. The van der Waals surface area contributed by atoms with Gasteiger partial charge in [-0.05, 0) is 12.1 Å². The lowest BCUT2D eigenvalue weighted by molar-refractivity contribution is -0.136. The molecule has 8 N–H and O–H groups in total. The Kier molecular flexibility index (Phi) is 13.8. The van der Waals surface area contributed by atoms with Crippen LogP contribution in [0, 0.1) is 0 Å². The van der Waals surface area contributed by atoms with Crippen molar-refractivity contribution in [2.45, 2.75) is 25.8 Å². The van der Waals surface area contributed by atoms with Gasteiger partial charge in [0.05, 0.1) is 17.8 Å². The highest BCUT2D eigenvalue weighted by Crippen LogP contribution is 2.17. The molecule has 5 heterocycles. The first-order chi connectivity index (χ1) is 28.1. The second-order valence-corrected chi connectivity index (χ2v) is 13.4. The number of aromatic nitrogens is 8. The second kappa shape index (κ2) is 19.1. The molecule has 59 heavy (non-hydrogen) atoms. The topological polar surface area (TPSA) is 287 Å². The van der Waals surface area contributed by atoms with E-state index in [0.717, 1.165) is 5.69 Å². The summed E-state index contributed by atoms with van der Waals surface area (Å²) in [6.45, 7) is 0.641. The summed E-state index contributed by atoms with van der Waals surface area (Å²) in [5, 5.41) is 27.8. The Hall–Kier alpha value is -7.56. The number of carbonyl (C=O) groups excluding carboxylic acids is 6. The van der Waals surface area contributed by atoms with Crippen LogP contribution in [0.3, 0.4) is 0 Å². The van der Waals surface area contributed by atoms with E-state index in [1.54, 1.807) is 73.6 Å². The van der Waals surface area contributed by atoms with E-state index in [2.05, 4.69) is 52.2 Å². The van der Waals surface area contributed by atoms with Crippen molar-refractivity contribution in [2.24, 2.45) is 35.2 Å². The molecule has 0 aliphatic rings. The average Bonchev–Trinajstić information content (AvgIpc) is 3.99. The highest BCUT2D eigenvalue weighted by Gasteiger charge is 2.20. The lowest BCUT2D eigenvalue weighted by Gasteiger charge is -2.06. The van der Waals surface area contributed by atoms with Gasteiger partial charge < -0.3 is 65.2 Å². The van der Waals surface area contributed by atoms with Gasteiger partial charge in [0.2, 0.25) is 23.5 Å². The lowest BCUT2D eigenvalue weighted by atomic mass is 10.3. The SMILES string of the molecule is Cn1cc(NC(=O)c2nc(NC(=O)CCNC(=O)c3cc(NC(=O)c4nccn4C)cn3C)cn2C)cc1CNCCC(=O)Nc1cn(C)c(C(=O)NCCC(=O)O)n1. The molecule has 0 unspecified atom stereocenters. The molecule has 23 nitrogen and oxygen atoms in total. The van der Waals surface area contributed by atoms with Gasteiger partial charge >= 0.3 is 5.97 Å². The van der Waals surface area contributed by atoms with E-state index in [0.29, 0.717) is 24.5 Å². The Morgan fingerprint density at radius 3 is 1.73 bits per heavy atom. The van der Waals surface area contributed by atoms with Crippen molar-refractivity contribution in [1.29, 1.82) is 0 Å². The van der Waals surface area contributed by atoms with Gasteiger partial charge in [-0.15, -0.1) is 0 Å². The number of hydrogen-bond donors (Lipinski definition) is 8. The number of nitrogens with zero attached hydrogens (tertiary/aromatic N) is 8. The molecule has 0 saturated carbocycles. The van der Waals surface area contributed by atoms with Crippen molar-refractivity contribution in [3.8, 4) is 0 Å². The summed E-state index contributed by atoms with van der Waals surface area (Å²) in [5.41, 5.74) is 1.98. The van der Waals surface area contributed by atoms with Crippen LogP contribution in [0.2, 0.25) is 0 Å². The molecule has 5 rings (SSSR count). The summed E-state index contributed by atoms with van der Waals surface area (Å²) in [7, 11) is 8.33. The van der Waals surface area contributed by atoms with Crippen LogP contribution >= 0.6 is 0 Å². The van der Waals surface area contributed by atoms with E-state index < -0.39 is 35.5 Å². The molecule has 0 aromatic carbocycles. The monoisotopic (exact) mass is 815 g/mol. The Balaban J connectivity index is 1.02. The molecule has 23 heteroatoms. The van der Waals surface area contributed by atoms with Crippen LogP contribution < -0.4 is 37.2 Å². The third-order valence-corrected chi connectivity index (χ3v) is 8.68. The van der Waals surface area contributed by atoms with E-state index in [4.69, 9.17) is 5.11 Å². The molecule has 5 aromatic rings. The van der Waals surface area contributed by atoms with E-state index in [1.165, 1.54) is 33.8 Å². The van der Waals surface area contributed by atoms with Crippen molar-refractivity contribution >= 4 is 64.4 Å². The normalized spacial score (nSPS) is 10.9. The Bertz CT molecular complexity index is 2380. The van der Waals surface area contributed by atoms with E-state index in [-0.39, 0.29) is 73.1 Å². The average molecular weight is 816 g/mol. The number of hydrogen-bond acceptors (Lipinski definition) is 11. The number of aryl methyl sites for hydroxylation is 5. The van der Waals surface area contributed by atoms with Crippen molar-refractivity contribution in [2.75, 3.05) is 40.9 Å². The van der Waals surface area contributed by atoms with Crippen LogP contribution in [0.1, 0.15) is 67.3 Å². The number of carboxylic acids is 1. The van der Waals surface area contributed by atoms with E-state index >= 15 is 0 Å². The van der Waals surface area contributed by atoms with E-state index in [9.17, 15) is 33.6 Å². The summed E-state index contributed by atoms with van der Waals surface area (Å²) in [4.78, 5) is 98.8. The fourth-order valence-corrected chi connectivity index (χ4v) is 5.72. The molecule has 0 aliphatic carbocycles. The first-order valence-corrected chi connectivity index (χ1v) is 18.1. The maximum Gasteiger partial charge on any atom is 0.305 e. The molecular weight excluding hydrogens is 770 g/mol. The predicted molar refractivity (Wildman–Crippen MR) is 211 cm³/mol. The number of anilines is 4. The Morgan fingerprint density at radius 1 is 0.576 bits per heavy atom. The summed E-state index contributed by atoms with van der Waals surface area (Å²) in [6, 6.07) is 3.27. The van der Waals surface area contributed by atoms with Crippen molar-refractivity contribution in [3.05, 3.63) is 78.2 Å². The first-order valence-electron chi connectivity index (χ1n) is 18.1. The van der Waals surface area contributed by atoms with Crippen LogP contribution in [0.4, 0.5) is 23.0 Å². The van der Waals surface area contributed by atoms with Crippen LogP contribution in [0.25, 0.3) is 0 Å². The number of carbonyl (C=O) groups is 7. The molecule has 312 valence electrons. The number of amides is 6. The number of nitrogens with one attached hydrogen (secondary N) is 7. The number of carboxylic acid groups (broad SMARTS) is 1. The van der Waals surface area contributed by atoms with E-state index in [1.807, 2.05) is 0 Å². The highest BCUT2D eigenvalue weighted by atomic mass is 16.4. The summed E-state index contributed by atoms with van der Waals surface area (Å²) in [6.07, 6.45) is 9.20. The molecule has 5 aromatic heterocycles. The largest absolute Gasteiger partial charge is 0.481 e. The molecular formula is C36H45N15O8. The Morgan fingerprint density at radius 2 is 1.12 bits per heavy atom. The van der Waals surface area contributed by atoms with Gasteiger partial charge in [0, 0.05) is 117 Å². The number of aliphatic carboxylic acids is 1. The van der Waals surface area contributed by atoms with Crippen LogP contribution in [-0.4, -0.2) is 104 Å². The molecule has 6 amide bonds. The van der Waals surface area contributed by atoms with Gasteiger partial charge in [-0.3, -0.25) is 33.6 Å². The number of rotatable bonds is 19. The maximum absolute atomic E-state index is 13.1.